The lowest BCUT2D eigenvalue weighted by atomic mass is 10.1. The van der Waals surface area contributed by atoms with Gasteiger partial charge in [0.2, 0.25) is 11.6 Å². The van der Waals surface area contributed by atoms with E-state index >= 15 is 0 Å². The second kappa shape index (κ2) is 10.1. The Morgan fingerprint density at radius 3 is 2.21 bits per heavy atom. The fraction of sp³-hybridized carbons (Fsp3) is 0.600. The first-order chi connectivity index (χ1) is 14.0. The molecule has 3 rings (SSSR count). The van der Waals surface area contributed by atoms with Gasteiger partial charge in [-0.05, 0) is 58.0 Å². The van der Waals surface area contributed by atoms with Crippen LogP contribution in [0.25, 0.3) is 11.5 Å². The SMILES string of the molecule is CCOc1cc(-c2nn(CN3CCC(O)CC3)c(=S)o2)cc(OCC)c1OCC. The second-order valence-electron chi connectivity index (χ2n) is 6.76. The van der Waals surface area contributed by atoms with Crippen LogP contribution in [0.15, 0.2) is 16.5 Å². The Kier molecular flexibility index (Phi) is 7.51. The number of nitrogens with zero attached hydrogens (tertiary/aromatic N) is 3. The van der Waals surface area contributed by atoms with E-state index in [9.17, 15) is 5.11 Å². The van der Waals surface area contributed by atoms with Crippen molar-refractivity contribution in [1.82, 2.24) is 14.7 Å². The summed E-state index contributed by atoms with van der Waals surface area (Å²) in [6.45, 7) is 9.37. The third-order valence-electron chi connectivity index (χ3n) is 4.65. The summed E-state index contributed by atoms with van der Waals surface area (Å²) >= 11 is 5.37. The molecule has 1 aliphatic rings. The Hall–Kier alpha value is -2.10. The molecule has 2 aromatic rings. The van der Waals surface area contributed by atoms with E-state index in [0.717, 1.165) is 25.9 Å². The summed E-state index contributed by atoms with van der Waals surface area (Å²) in [5.41, 5.74) is 0.708. The van der Waals surface area contributed by atoms with Crippen molar-refractivity contribution in [2.45, 2.75) is 46.4 Å². The van der Waals surface area contributed by atoms with E-state index in [4.69, 9.17) is 30.8 Å². The number of hydrogen-bond donors (Lipinski definition) is 1. The van der Waals surface area contributed by atoms with Crippen LogP contribution in [-0.4, -0.2) is 58.8 Å². The van der Waals surface area contributed by atoms with Crippen molar-refractivity contribution in [2.24, 2.45) is 0 Å². The molecular formula is C20H29N3O5S. The molecule has 1 aromatic carbocycles. The van der Waals surface area contributed by atoms with Crippen LogP contribution in [0.5, 0.6) is 17.2 Å². The highest BCUT2D eigenvalue weighted by molar-refractivity contribution is 7.71. The van der Waals surface area contributed by atoms with Crippen molar-refractivity contribution in [3.05, 3.63) is 17.0 Å². The highest BCUT2D eigenvalue weighted by atomic mass is 32.1. The van der Waals surface area contributed by atoms with E-state index < -0.39 is 0 Å². The maximum Gasteiger partial charge on any atom is 0.288 e. The summed E-state index contributed by atoms with van der Waals surface area (Å²) in [7, 11) is 0. The van der Waals surface area contributed by atoms with Gasteiger partial charge < -0.3 is 23.7 Å². The number of rotatable bonds is 9. The Labute approximate surface area is 176 Å². The van der Waals surface area contributed by atoms with Crippen LogP contribution in [0, 0.1) is 4.84 Å². The molecule has 160 valence electrons. The minimum atomic E-state index is -0.218. The maximum absolute atomic E-state index is 9.68. The summed E-state index contributed by atoms with van der Waals surface area (Å²) in [4.78, 5) is 2.50. The lowest BCUT2D eigenvalue weighted by Crippen LogP contribution is -2.37. The fourth-order valence-electron chi connectivity index (χ4n) is 3.27. The first-order valence-electron chi connectivity index (χ1n) is 10.1. The predicted molar refractivity (Wildman–Crippen MR) is 111 cm³/mol. The third kappa shape index (κ3) is 5.29. The molecule has 0 aliphatic carbocycles. The van der Waals surface area contributed by atoms with Gasteiger partial charge in [-0.15, -0.1) is 5.10 Å². The zero-order valence-corrected chi connectivity index (χ0v) is 18.0. The molecule has 0 saturated carbocycles. The zero-order valence-electron chi connectivity index (χ0n) is 17.2. The number of hydrogen-bond acceptors (Lipinski definition) is 8. The van der Waals surface area contributed by atoms with Crippen LogP contribution in [0.2, 0.25) is 0 Å². The average Bonchev–Trinajstić information content (AvgIpc) is 3.07. The minimum Gasteiger partial charge on any atom is -0.490 e. The zero-order chi connectivity index (χ0) is 20.8. The number of aromatic nitrogens is 2. The molecule has 29 heavy (non-hydrogen) atoms. The molecule has 0 radical (unpaired) electrons. The van der Waals surface area contributed by atoms with Crippen LogP contribution in [0.3, 0.4) is 0 Å². The first-order valence-corrected chi connectivity index (χ1v) is 10.5. The van der Waals surface area contributed by atoms with E-state index in [1.807, 2.05) is 32.9 Å². The van der Waals surface area contributed by atoms with Gasteiger partial charge >= 0.3 is 0 Å². The molecule has 1 fully saturated rings. The Bertz CT molecular complexity index is 831. The summed E-state index contributed by atoms with van der Waals surface area (Å²) in [6.07, 6.45) is 1.29. The van der Waals surface area contributed by atoms with Gasteiger partial charge in [0.1, 0.15) is 0 Å². The molecule has 8 nitrogen and oxygen atoms in total. The smallest absolute Gasteiger partial charge is 0.288 e. The van der Waals surface area contributed by atoms with Gasteiger partial charge in [0.25, 0.3) is 4.84 Å². The summed E-state index contributed by atoms with van der Waals surface area (Å²) in [6, 6.07) is 3.67. The summed E-state index contributed by atoms with van der Waals surface area (Å²) in [5.74, 6) is 2.13. The van der Waals surface area contributed by atoms with Crippen LogP contribution in [0.1, 0.15) is 33.6 Å². The molecule has 0 unspecified atom stereocenters. The largest absolute Gasteiger partial charge is 0.490 e. The Morgan fingerprint density at radius 2 is 1.66 bits per heavy atom. The van der Waals surface area contributed by atoms with E-state index in [-0.39, 0.29) is 6.10 Å². The van der Waals surface area contributed by atoms with Crippen LogP contribution >= 0.6 is 12.2 Å². The number of aliphatic hydroxyl groups is 1. The fourth-order valence-corrected chi connectivity index (χ4v) is 3.45. The van der Waals surface area contributed by atoms with Gasteiger partial charge in [0.05, 0.1) is 32.6 Å². The Balaban J connectivity index is 1.90. The number of likely N-dealkylation sites (tertiary alicyclic amines) is 1. The quantitative estimate of drug-likeness (QED) is 0.614. The Morgan fingerprint density at radius 1 is 1.07 bits per heavy atom. The highest BCUT2D eigenvalue weighted by Crippen LogP contribution is 2.41. The number of piperidine rings is 1. The van der Waals surface area contributed by atoms with E-state index in [0.29, 0.717) is 60.0 Å². The van der Waals surface area contributed by atoms with Crippen molar-refractivity contribution in [3.63, 3.8) is 0 Å². The number of aliphatic hydroxyl groups excluding tert-OH is 1. The molecule has 0 atom stereocenters. The monoisotopic (exact) mass is 423 g/mol. The molecule has 1 aliphatic heterocycles. The highest BCUT2D eigenvalue weighted by Gasteiger charge is 2.21. The molecule has 0 spiro atoms. The number of ether oxygens (including phenoxy) is 3. The van der Waals surface area contributed by atoms with Gasteiger partial charge in [-0.2, -0.15) is 0 Å². The normalized spacial score (nSPS) is 15.4. The van der Waals surface area contributed by atoms with Crippen LogP contribution < -0.4 is 14.2 Å². The van der Waals surface area contributed by atoms with Crippen LogP contribution in [-0.2, 0) is 6.67 Å². The molecule has 2 heterocycles. The van der Waals surface area contributed by atoms with E-state index in [1.165, 1.54) is 0 Å². The lowest BCUT2D eigenvalue weighted by molar-refractivity contribution is 0.0647. The van der Waals surface area contributed by atoms with Gasteiger partial charge in [-0.1, -0.05) is 0 Å². The third-order valence-corrected chi connectivity index (χ3v) is 4.95. The van der Waals surface area contributed by atoms with E-state index in [1.54, 1.807) is 4.68 Å². The average molecular weight is 424 g/mol. The van der Waals surface area contributed by atoms with Gasteiger partial charge in [0, 0.05) is 18.7 Å². The molecule has 0 bridgehead atoms. The van der Waals surface area contributed by atoms with Gasteiger partial charge in [-0.25, -0.2) is 4.68 Å². The predicted octanol–water partition coefficient (Wildman–Crippen LogP) is 3.48. The van der Waals surface area contributed by atoms with Crippen molar-refractivity contribution in [1.29, 1.82) is 0 Å². The van der Waals surface area contributed by atoms with Crippen molar-refractivity contribution < 1.29 is 23.7 Å². The van der Waals surface area contributed by atoms with Gasteiger partial charge in [0.15, 0.2) is 11.5 Å². The molecule has 1 saturated heterocycles. The van der Waals surface area contributed by atoms with Crippen LogP contribution in [0.4, 0.5) is 0 Å². The molecule has 9 heteroatoms. The van der Waals surface area contributed by atoms with E-state index in [2.05, 4.69) is 10.00 Å². The maximum atomic E-state index is 9.68. The first kappa shape index (κ1) is 21.6. The summed E-state index contributed by atoms with van der Waals surface area (Å²) < 4.78 is 24.7. The van der Waals surface area contributed by atoms with Crippen molar-refractivity contribution >= 4 is 12.2 Å². The topological polar surface area (TPSA) is 82.1 Å². The van der Waals surface area contributed by atoms with Gasteiger partial charge in [-0.3, -0.25) is 4.90 Å². The lowest BCUT2D eigenvalue weighted by Gasteiger charge is -2.28. The van der Waals surface area contributed by atoms with Crippen molar-refractivity contribution in [2.75, 3.05) is 32.9 Å². The number of benzene rings is 1. The van der Waals surface area contributed by atoms with Crippen molar-refractivity contribution in [3.8, 4) is 28.7 Å². The summed E-state index contributed by atoms with van der Waals surface area (Å²) in [5, 5.41) is 14.2. The molecule has 1 aromatic heterocycles. The molecule has 1 N–H and O–H groups in total. The molecular weight excluding hydrogens is 394 g/mol. The standard InChI is InChI=1S/C20H29N3O5S/c1-4-25-16-11-14(12-17(26-5-2)18(16)27-6-3)19-21-23(20(29)28-19)13-22-9-7-15(24)8-10-22/h11-12,15,24H,4-10,13H2,1-3H3. The second-order valence-corrected chi connectivity index (χ2v) is 7.11. The minimum absolute atomic E-state index is 0.218. The molecule has 0 amide bonds.